The molecule has 0 fully saturated rings. The monoisotopic (exact) mass is 355 g/mol. The summed E-state index contributed by atoms with van der Waals surface area (Å²) in [6.45, 7) is 2.47. The van der Waals surface area contributed by atoms with E-state index in [1.54, 1.807) is 30.3 Å². The van der Waals surface area contributed by atoms with Crippen molar-refractivity contribution in [3.63, 3.8) is 0 Å². The van der Waals surface area contributed by atoms with Crippen molar-refractivity contribution >= 4 is 5.91 Å². The predicted octanol–water partition coefficient (Wildman–Crippen LogP) is 1.37. The Kier molecular flexibility index (Phi) is 5.33. The topological polar surface area (TPSA) is 94.2 Å². The molecule has 0 aliphatic carbocycles. The normalized spacial score (nSPS) is 10.7. The number of carbonyl (C=O) groups excluding carboxylic acids is 1. The summed E-state index contributed by atoms with van der Waals surface area (Å²) >= 11 is 0. The Morgan fingerprint density at radius 3 is 2.96 bits per heavy atom. The van der Waals surface area contributed by atoms with Crippen LogP contribution in [0.15, 0.2) is 43.0 Å². The lowest BCUT2D eigenvalue weighted by Crippen LogP contribution is -2.23. The molecule has 8 heteroatoms. The highest BCUT2D eigenvalue weighted by molar-refractivity contribution is 5.75. The maximum atomic E-state index is 11.5. The number of hydrogen-bond acceptors (Lipinski definition) is 5. The van der Waals surface area contributed by atoms with Crippen molar-refractivity contribution in [1.29, 1.82) is 0 Å². The summed E-state index contributed by atoms with van der Waals surface area (Å²) in [5.74, 6) is 1.25. The molecule has 26 heavy (non-hydrogen) atoms. The van der Waals surface area contributed by atoms with Crippen molar-refractivity contribution in [2.75, 3.05) is 13.7 Å². The Labute approximate surface area is 151 Å². The van der Waals surface area contributed by atoms with Crippen LogP contribution >= 0.6 is 0 Å². The molecule has 2 heterocycles. The molecule has 0 atom stereocenters. The highest BCUT2D eigenvalue weighted by Crippen LogP contribution is 2.27. The number of ether oxygens (including phenoxy) is 1. The first-order valence-corrected chi connectivity index (χ1v) is 8.30. The van der Waals surface area contributed by atoms with E-state index in [0.29, 0.717) is 23.7 Å². The van der Waals surface area contributed by atoms with Gasteiger partial charge in [0.1, 0.15) is 18.1 Å². The number of hydrogen-bond donors (Lipinski definition) is 2. The second kappa shape index (κ2) is 7.83. The lowest BCUT2D eigenvalue weighted by Gasteiger charge is -2.11. The van der Waals surface area contributed by atoms with Gasteiger partial charge in [0.15, 0.2) is 0 Å². The lowest BCUT2D eigenvalue weighted by molar-refractivity contribution is -0.121. The van der Waals surface area contributed by atoms with Gasteiger partial charge in [-0.05, 0) is 25.1 Å². The van der Waals surface area contributed by atoms with E-state index in [-0.39, 0.29) is 19.1 Å². The summed E-state index contributed by atoms with van der Waals surface area (Å²) in [6, 6.07) is 5.59. The van der Waals surface area contributed by atoms with E-state index in [1.165, 1.54) is 0 Å². The molecule has 8 nitrogen and oxygen atoms in total. The first-order chi connectivity index (χ1) is 12.7. The third-order valence-electron chi connectivity index (χ3n) is 3.91. The molecule has 2 N–H and O–H groups in total. The van der Waals surface area contributed by atoms with Crippen LogP contribution in [0.4, 0.5) is 0 Å². The van der Waals surface area contributed by atoms with Crippen LogP contribution in [0.1, 0.15) is 12.5 Å². The summed E-state index contributed by atoms with van der Waals surface area (Å²) in [4.78, 5) is 15.9. The number of aliphatic hydroxyl groups is 1. The van der Waals surface area contributed by atoms with Gasteiger partial charge < -0.3 is 15.2 Å². The van der Waals surface area contributed by atoms with Crippen LogP contribution in [0.3, 0.4) is 0 Å². The molecule has 136 valence electrons. The Bertz CT molecular complexity index is 900. The fourth-order valence-electron chi connectivity index (χ4n) is 2.65. The van der Waals surface area contributed by atoms with E-state index in [4.69, 9.17) is 4.74 Å². The number of nitrogens with one attached hydrogen (secondary N) is 1. The number of nitrogens with zero attached hydrogens (tertiary/aromatic N) is 4. The zero-order chi connectivity index (χ0) is 18.5. The first kappa shape index (κ1) is 17.7. The Balaban J connectivity index is 1.93. The Morgan fingerprint density at radius 2 is 2.23 bits per heavy atom. The van der Waals surface area contributed by atoms with Gasteiger partial charge in [0, 0.05) is 36.8 Å². The molecule has 1 amide bonds. The molecule has 0 aliphatic rings. The summed E-state index contributed by atoms with van der Waals surface area (Å²) in [5.41, 5.74) is 2.34. The fourth-order valence-corrected chi connectivity index (χ4v) is 2.65. The number of benzene rings is 1. The largest absolute Gasteiger partial charge is 0.494 e. The Morgan fingerprint density at radius 1 is 1.38 bits per heavy atom. The molecule has 3 rings (SSSR count). The zero-order valence-corrected chi connectivity index (χ0v) is 14.7. The number of amides is 1. The molecule has 0 saturated heterocycles. The van der Waals surface area contributed by atoms with E-state index < -0.39 is 0 Å². The third-order valence-corrected chi connectivity index (χ3v) is 3.91. The van der Waals surface area contributed by atoms with Crippen LogP contribution in [0.5, 0.6) is 5.75 Å². The van der Waals surface area contributed by atoms with Crippen molar-refractivity contribution in [1.82, 2.24) is 24.6 Å². The van der Waals surface area contributed by atoms with Crippen molar-refractivity contribution in [2.24, 2.45) is 0 Å². The van der Waals surface area contributed by atoms with Crippen LogP contribution in [-0.2, 0) is 17.9 Å². The maximum absolute atomic E-state index is 11.5. The number of rotatable bonds is 7. The molecule has 1 aromatic carbocycles. The first-order valence-electron chi connectivity index (χ1n) is 8.30. The van der Waals surface area contributed by atoms with Gasteiger partial charge >= 0.3 is 0 Å². The van der Waals surface area contributed by atoms with E-state index in [9.17, 15) is 9.90 Å². The van der Waals surface area contributed by atoms with E-state index >= 15 is 0 Å². The second-order valence-electron chi connectivity index (χ2n) is 5.60. The minimum atomic E-state index is -0.121. The minimum absolute atomic E-state index is 0.117. The average molecular weight is 355 g/mol. The molecule has 3 aromatic rings. The summed E-state index contributed by atoms with van der Waals surface area (Å²) in [5, 5.41) is 16.4. The van der Waals surface area contributed by atoms with E-state index in [1.807, 2.05) is 35.9 Å². The van der Waals surface area contributed by atoms with Gasteiger partial charge in [-0.15, -0.1) is 0 Å². The molecule has 0 radical (unpaired) electrons. The SMILES string of the molecule is CCOc1ccc(-c2nccn2-c2cnn(CC(=O)NC)c2)cc1CO. The van der Waals surface area contributed by atoms with Crippen molar-refractivity contribution in [2.45, 2.75) is 20.1 Å². The molecular weight excluding hydrogens is 334 g/mol. The van der Waals surface area contributed by atoms with Crippen LogP contribution in [0.25, 0.3) is 17.1 Å². The molecular formula is C18H21N5O3. The zero-order valence-electron chi connectivity index (χ0n) is 14.7. The average Bonchev–Trinajstić information content (AvgIpc) is 3.31. The second-order valence-corrected chi connectivity index (χ2v) is 5.60. The lowest BCUT2D eigenvalue weighted by atomic mass is 10.1. The van der Waals surface area contributed by atoms with Crippen molar-refractivity contribution in [3.05, 3.63) is 48.5 Å². The van der Waals surface area contributed by atoms with Gasteiger partial charge in [0.25, 0.3) is 0 Å². The highest BCUT2D eigenvalue weighted by atomic mass is 16.5. The van der Waals surface area contributed by atoms with Crippen molar-refractivity contribution < 1.29 is 14.6 Å². The van der Waals surface area contributed by atoms with Gasteiger partial charge in [0.2, 0.25) is 5.91 Å². The molecule has 0 spiro atoms. The summed E-state index contributed by atoms with van der Waals surface area (Å²) in [7, 11) is 1.59. The smallest absolute Gasteiger partial charge is 0.241 e. The number of likely N-dealkylation sites (N-methyl/N-ethyl adjacent to an activating group) is 1. The third kappa shape index (κ3) is 3.60. The molecule has 0 saturated carbocycles. The van der Waals surface area contributed by atoms with Crippen LogP contribution in [0.2, 0.25) is 0 Å². The van der Waals surface area contributed by atoms with Gasteiger partial charge in [-0.1, -0.05) is 0 Å². The molecule has 0 aliphatic heterocycles. The van der Waals surface area contributed by atoms with E-state index in [2.05, 4.69) is 15.4 Å². The summed E-state index contributed by atoms with van der Waals surface area (Å²) < 4.78 is 8.97. The maximum Gasteiger partial charge on any atom is 0.241 e. The standard InChI is InChI=1S/C18H21N5O3/c1-3-26-16-5-4-13(8-14(16)12-24)18-20-6-7-23(18)15-9-21-22(10-15)11-17(25)19-2/h4-10,24H,3,11-12H2,1-2H3,(H,19,25). The quantitative estimate of drug-likeness (QED) is 0.668. The predicted molar refractivity (Wildman–Crippen MR) is 95.9 cm³/mol. The minimum Gasteiger partial charge on any atom is -0.494 e. The van der Waals surface area contributed by atoms with Crippen LogP contribution in [0, 0.1) is 0 Å². The molecule has 0 bridgehead atoms. The van der Waals surface area contributed by atoms with Gasteiger partial charge in [-0.2, -0.15) is 5.10 Å². The molecule has 2 aromatic heterocycles. The number of imidazole rings is 1. The van der Waals surface area contributed by atoms with Crippen LogP contribution in [-0.4, -0.2) is 44.0 Å². The van der Waals surface area contributed by atoms with Gasteiger partial charge in [-0.3, -0.25) is 14.0 Å². The fraction of sp³-hybridized carbons (Fsp3) is 0.278. The number of carbonyl (C=O) groups is 1. The molecule has 0 unspecified atom stereocenters. The number of aromatic nitrogens is 4. The van der Waals surface area contributed by atoms with E-state index in [0.717, 1.165) is 11.3 Å². The number of aliphatic hydroxyl groups excluding tert-OH is 1. The van der Waals surface area contributed by atoms with Crippen LogP contribution < -0.4 is 10.1 Å². The van der Waals surface area contributed by atoms with Crippen molar-refractivity contribution in [3.8, 4) is 22.8 Å². The van der Waals surface area contributed by atoms with Gasteiger partial charge in [-0.25, -0.2) is 4.98 Å². The van der Waals surface area contributed by atoms with Gasteiger partial charge in [0.05, 0.1) is 25.1 Å². The summed E-state index contributed by atoms with van der Waals surface area (Å²) in [6.07, 6.45) is 6.98. The highest BCUT2D eigenvalue weighted by Gasteiger charge is 2.13. The Hall–Kier alpha value is -3.13.